The number of fused-ring (bicyclic) bond motifs is 1. The van der Waals surface area contributed by atoms with E-state index in [1.807, 2.05) is 29.8 Å². The molecule has 0 saturated heterocycles. The first kappa shape index (κ1) is 11.4. The number of ether oxygens (including phenoxy) is 1. The lowest BCUT2D eigenvalue weighted by Gasteiger charge is -2.08. The minimum atomic E-state index is 0.221. The quantitative estimate of drug-likeness (QED) is 0.823. The molecule has 1 aromatic heterocycles. The van der Waals surface area contributed by atoms with Crippen LogP contribution in [0.3, 0.4) is 0 Å². The Morgan fingerprint density at radius 3 is 3.06 bits per heavy atom. The summed E-state index contributed by atoms with van der Waals surface area (Å²) >= 11 is 5.94. The van der Waals surface area contributed by atoms with E-state index in [1.54, 1.807) is 7.11 Å². The lowest BCUT2D eigenvalue weighted by atomic mass is 10.2. The van der Waals surface area contributed by atoms with Crippen molar-refractivity contribution in [3.8, 4) is 0 Å². The normalized spacial score (nSPS) is 13.2. The number of hydrogen-bond acceptors (Lipinski definition) is 3. The third-order valence-corrected chi connectivity index (χ3v) is 2.86. The predicted octanol–water partition coefficient (Wildman–Crippen LogP) is 2.51. The number of aryl methyl sites for hydroxylation is 1. The zero-order chi connectivity index (χ0) is 11.5. The average molecular weight is 240 g/mol. The smallest absolute Gasteiger partial charge is 0.113 e. The largest absolute Gasteiger partial charge is 0.382 e. The van der Waals surface area contributed by atoms with E-state index in [-0.39, 0.29) is 6.10 Å². The maximum absolute atomic E-state index is 5.94. The van der Waals surface area contributed by atoms with Crippen LogP contribution >= 0.6 is 11.6 Å². The molecule has 0 aliphatic rings. The van der Waals surface area contributed by atoms with Gasteiger partial charge in [-0.05, 0) is 31.5 Å². The monoisotopic (exact) mass is 239 g/mol. The molecule has 86 valence electrons. The van der Waals surface area contributed by atoms with Crippen LogP contribution in [-0.4, -0.2) is 28.2 Å². The van der Waals surface area contributed by atoms with Gasteiger partial charge >= 0.3 is 0 Å². The summed E-state index contributed by atoms with van der Waals surface area (Å²) in [6, 6.07) is 5.58. The molecule has 0 spiro atoms. The van der Waals surface area contributed by atoms with Gasteiger partial charge < -0.3 is 4.74 Å². The second-order valence-corrected chi connectivity index (χ2v) is 4.22. The zero-order valence-electron chi connectivity index (χ0n) is 9.35. The summed E-state index contributed by atoms with van der Waals surface area (Å²) in [6.07, 6.45) is 1.13. The zero-order valence-corrected chi connectivity index (χ0v) is 10.1. The van der Waals surface area contributed by atoms with E-state index >= 15 is 0 Å². The van der Waals surface area contributed by atoms with Crippen LogP contribution in [0.15, 0.2) is 18.2 Å². The third-order valence-electron chi connectivity index (χ3n) is 2.63. The van der Waals surface area contributed by atoms with E-state index in [0.717, 1.165) is 24.0 Å². The van der Waals surface area contributed by atoms with E-state index in [9.17, 15) is 0 Å². The Balaban J connectivity index is 2.21. The molecule has 1 unspecified atom stereocenters. The van der Waals surface area contributed by atoms with Gasteiger partial charge in [0.05, 0.1) is 11.6 Å². The maximum atomic E-state index is 5.94. The Kier molecular flexibility index (Phi) is 3.41. The number of nitrogens with zero attached hydrogens (tertiary/aromatic N) is 3. The fraction of sp³-hybridized carbons (Fsp3) is 0.455. The molecule has 1 aromatic carbocycles. The summed E-state index contributed by atoms with van der Waals surface area (Å²) in [7, 11) is 1.71. The molecule has 2 aromatic rings. The van der Waals surface area contributed by atoms with Crippen molar-refractivity contribution in [3.63, 3.8) is 0 Å². The van der Waals surface area contributed by atoms with Crippen LogP contribution in [-0.2, 0) is 11.3 Å². The molecule has 0 saturated carbocycles. The average Bonchev–Trinajstić information content (AvgIpc) is 2.68. The highest BCUT2D eigenvalue weighted by Crippen LogP contribution is 2.17. The molecule has 0 amide bonds. The first-order valence-electron chi connectivity index (χ1n) is 5.22. The van der Waals surface area contributed by atoms with Crippen LogP contribution in [0.1, 0.15) is 13.3 Å². The molecule has 5 heteroatoms. The van der Waals surface area contributed by atoms with Gasteiger partial charge in [0.2, 0.25) is 0 Å². The number of rotatable bonds is 4. The van der Waals surface area contributed by atoms with Gasteiger partial charge in [0, 0.05) is 18.7 Å². The Morgan fingerprint density at radius 1 is 1.50 bits per heavy atom. The summed E-state index contributed by atoms with van der Waals surface area (Å²) < 4.78 is 7.05. The van der Waals surface area contributed by atoms with Crippen LogP contribution in [0.2, 0.25) is 5.02 Å². The minimum absolute atomic E-state index is 0.221. The highest BCUT2D eigenvalue weighted by Gasteiger charge is 2.06. The van der Waals surface area contributed by atoms with Crippen molar-refractivity contribution in [3.05, 3.63) is 23.2 Å². The highest BCUT2D eigenvalue weighted by atomic mass is 35.5. The Hall–Kier alpha value is -1.13. The van der Waals surface area contributed by atoms with Gasteiger partial charge in [-0.1, -0.05) is 16.8 Å². The molecular formula is C11H14ClN3O. The fourth-order valence-corrected chi connectivity index (χ4v) is 1.69. The lowest BCUT2D eigenvalue weighted by molar-refractivity contribution is 0.106. The van der Waals surface area contributed by atoms with E-state index in [2.05, 4.69) is 10.3 Å². The van der Waals surface area contributed by atoms with Crippen molar-refractivity contribution >= 4 is 22.6 Å². The highest BCUT2D eigenvalue weighted by molar-refractivity contribution is 6.31. The number of methoxy groups -OCH3 is 1. The Labute approximate surface area is 99.1 Å². The number of benzene rings is 1. The standard InChI is InChI=1S/C11H14ClN3O/c1-8(16-2)5-6-15-11-7-9(12)3-4-10(11)13-14-15/h3-4,7-8H,5-6H2,1-2H3. The molecule has 16 heavy (non-hydrogen) atoms. The minimum Gasteiger partial charge on any atom is -0.382 e. The number of halogens is 1. The topological polar surface area (TPSA) is 39.9 Å². The predicted molar refractivity (Wildman–Crippen MR) is 63.6 cm³/mol. The second kappa shape index (κ2) is 4.80. The summed E-state index contributed by atoms with van der Waals surface area (Å²) in [4.78, 5) is 0. The Bertz CT molecular complexity index is 483. The fourth-order valence-electron chi connectivity index (χ4n) is 1.53. The van der Waals surface area contributed by atoms with Crippen molar-refractivity contribution in [2.24, 2.45) is 0 Å². The van der Waals surface area contributed by atoms with Crippen LogP contribution in [0.25, 0.3) is 11.0 Å². The van der Waals surface area contributed by atoms with Crippen molar-refractivity contribution in [2.45, 2.75) is 26.0 Å². The molecule has 2 rings (SSSR count). The van der Waals surface area contributed by atoms with Crippen molar-refractivity contribution < 1.29 is 4.74 Å². The molecule has 0 fully saturated rings. The van der Waals surface area contributed by atoms with E-state index in [4.69, 9.17) is 16.3 Å². The first-order valence-corrected chi connectivity index (χ1v) is 5.60. The summed E-state index contributed by atoms with van der Waals surface area (Å²) in [5, 5.41) is 8.88. The molecule has 1 atom stereocenters. The molecule has 0 radical (unpaired) electrons. The van der Waals surface area contributed by atoms with Gasteiger partial charge in [0.15, 0.2) is 0 Å². The van der Waals surface area contributed by atoms with Gasteiger partial charge in [-0.25, -0.2) is 4.68 Å². The van der Waals surface area contributed by atoms with E-state index < -0.39 is 0 Å². The molecule has 4 nitrogen and oxygen atoms in total. The molecule has 0 aliphatic heterocycles. The maximum Gasteiger partial charge on any atom is 0.113 e. The van der Waals surface area contributed by atoms with Crippen LogP contribution < -0.4 is 0 Å². The van der Waals surface area contributed by atoms with Gasteiger partial charge in [-0.3, -0.25) is 0 Å². The molecule has 1 heterocycles. The SMILES string of the molecule is COC(C)CCn1nnc2ccc(Cl)cc21. The van der Waals surface area contributed by atoms with Crippen molar-refractivity contribution in [2.75, 3.05) is 7.11 Å². The molecule has 0 N–H and O–H groups in total. The van der Waals surface area contributed by atoms with Crippen molar-refractivity contribution in [1.82, 2.24) is 15.0 Å². The number of aromatic nitrogens is 3. The van der Waals surface area contributed by atoms with Crippen LogP contribution in [0.5, 0.6) is 0 Å². The first-order chi connectivity index (χ1) is 7.70. The summed E-state index contributed by atoms with van der Waals surface area (Å²) in [6.45, 7) is 2.82. The lowest BCUT2D eigenvalue weighted by Crippen LogP contribution is -2.10. The van der Waals surface area contributed by atoms with E-state index in [0.29, 0.717) is 5.02 Å². The van der Waals surface area contributed by atoms with E-state index in [1.165, 1.54) is 0 Å². The number of hydrogen-bond donors (Lipinski definition) is 0. The Morgan fingerprint density at radius 2 is 2.31 bits per heavy atom. The van der Waals surface area contributed by atoms with Gasteiger partial charge in [-0.15, -0.1) is 5.10 Å². The summed E-state index contributed by atoms with van der Waals surface area (Å²) in [5.41, 5.74) is 1.84. The second-order valence-electron chi connectivity index (χ2n) is 3.78. The summed E-state index contributed by atoms with van der Waals surface area (Å²) in [5.74, 6) is 0. The van der Waals surface area contributed by atoms with Crippen LogP contribution in [0, 0.1) is 0 Å². The molecule has 0 bridgehead atoms. The van der Waals surface area contributed by atoms with Gasteiger partial charge in [-0.2, -0.15) is 0 Å². The van der Waals surface area contributed by atoms with Crippen molar-refractivity contribution in [1.29, 1.82) is 0 Å². The van der Waals surface area contributed by atoms with Crippen LogP contribution in [0.4, 0.5) is 0 Å². The molecular weight excluding hydrogens is 226 g/mol. The molecule has 0 aliphatic carbocycles. The van der Waals surface area contributed by atoms with Gasteiger partial charge in [0.25, 0.3) is 0 Å². The van der Waals surface area contributed by atoms with Gasteiger partial charge in [0.1, 0.15) is 5.52 Å². The third kappa shape index (κ3) is 2.33.